The molecule has 0 fully saturated rings. The van der Waals surface area contributed by atoms with E-state index in [0.717, 1.165) is 38.5 Å². The predicted molar refractivity (Wildman–Crippen MR) is 181 cm³/mol. The summed E-state index contributed by atoms with van der Waals surface area (Å²) in [6.45, 7) is 14.3. The molecule has 0 aliphatic heterocycles. The highest BCUT2D eigenvalue weighted by Crippen LogP contribution is 2.32. The summed E-state index contributed by atoms with van der Waals surface area (Å²) in [6, 6.07) is 0. The topological polar surface area (TPSA) is 63.6 Å². The molecule has 0 amide bonds. The Bertz CT molecular complexity index is 616. The molecule has 1 N–H and O–H groups in total. The first kappa shape index (κ1) is 40.9. The van der Waals surface area contributed by atoms with Gasteiger partial charge in [0.15, 0.2) is 0 Å². The number of carbonyl (C=O) groups is 2. The van der Waals surface area contributed by atoms with Gasteiger partial charge in [-0.15, -0.1) is 0 Å². The largest absolute Gasteiger partial charge is 0.481 e. The molecule has 0 aromatic carbocycles. The van der Waals surface area contributed by atoms with Gasteiger partial charge in [0.1, 0.15) is 0 Å². The molecule has 4 nitrogen and oxygen atoms in total. The zero-order chi connectivity index (χ0) is 31.4. The van der Waals surface area contributed by atoms with E-state index in [2.05, 4.69) is 41.5 Å². The Morgan fingerprint density at radius 2 is 1.07 bits per heavy atom. The standard InChI is InChI=1S/C38H74O4/c1-7-11-25-33(9-3)29-36(38(41)42-31-34(10-4)26-12-8-2)30-35(32(5)6)27-23-21-19-17-15-13-14-16-18-20-22-24-28-37(39)40/h32-36H,7-31H2,1-6H3,(H,39,40). The quantitative estimate of drug-likeness (QED) is 0.0640. The Morgan fingerprint density at radius 1 is 0.595 bits per heavy atom. The minimum absolute atomic E-state index is 0.0556. The maximum Gasteiger partial charge on any atom is 0.308 e. The van der Waals surface area contributed by atoms with Crippen LogP contribution >= 0.6 is 0 Å². The van der Waals surface area contributed by atoms with Gasteiger partial charge in [-0.2, -0.15) is 0 Å². The number of hydrogen-bond donors (Lipinski definition) is 1. The van der Waals surface area contributed by atoms with E-state index in [9.17, 15) is 9.59 Å². The molecule has 4 atom stereocenters. The number of hydrogen-bond acceptors (Lipinski definition) is 3. The Kier molecular flexibility index (Phi) is 28.0. The van der Waals surface area contributed by atoms with Crippen LogP contribution in [0.2, 0.25) is 0 Å². The smallest absolute Gasteiger partial charge is 0.308 e. The van der Waals surface area contributed by atoms with Gasteiger partial charge in [0.05, 0.1) is 12.5 Å². The van der Waals surface area contributed by atoms with Crippen molar-refractivity contribution in [1.29, 1.82) is 0 Å². The van der Waals surface area contributed by atoms with Gasteiger partial charge >= 0.3 is 11.9 Å². The van der Waals surface area contributed by atoms with E-state index in [-0.39, 0.29) is 11.9 Å². The third-order valence-electron chi connectivity index (χ3n) is 9.74. The highest BCUT2D eigenvalue weighted by atomic mass is 16.5. The molecule has 250 valence electrons. The lowest BCUT2D eigenvalue weighted by molar-refractivity contribution is -0.151. The number of carbonyl (C=O) groups excluding carboxylic acids is 1. The summed E-state index contributed by atoms with van der Waals surface area (Å²) in [5.41, 5.74) is 0. The van der Waals surface area contributed by atoms with Crippen molar-refractivity contribution in [2.75, 3.05) is 6.61 Å². The van der Waals surface area contributed by atoms with Crippen molar-refractivity contribution in [1.82, 2.24) is 0 Å². The van der Waals surface area contributed by atoms with Gasteiger partial charge in [-0.25, -0.2) is 0 Å². The third kappa shape index (κ3) is 23.4. The van der Waals surface area contributed by atoms with Gasteiger partial charge in [-0.3, -0.25) is 9.59 Å². The van der Waals surface area contributed by atoms with Gasteiger partial charge < -0.3 is 9.84 Å². The van der Waals surface area contributed by atoms with Crippen LogP contribution < -0.4 is 0 Å². The summed E-state index contributed by atoms with van der Waals surface area (Å²) in [4.78, 5) is 24.1. The summed E-state index contributed by atoms with van der Waals surface area (Å²) >= 11 is 0. The van der Waals surface area contributed by atoms with Crippen LogP contribution in [0.1, 0.15) is 196 Å². The molecule has 4 heteroatoms. The Morgan fingerprint density at radius 3 is 1.52 bits per heavy atom. The minimum Gasteiger partial charge on any atom is -0.481 e. The molecule has 0 aliphatic rings. The van der Waals surface area contributed by atoms with Crippen molar-refractivity contribution in [2.45, 2.75) is 196 Å². The summed E-state index contributed by atoms with van der Waals surface area (Å²) in [5.74, 6) is 1.82. The highest BCUT2D eigenvalue weighted by Gasteiger charge is 2.28. The number of rotatable bonds is 31. The van der Waals surface area contributed by atoms with Crippen LogP contribution in [0.3, 0.4) is 0 Å². The van der Waals surface area contributed by atoms with Crippen LogP contribution in [0.4, 0.5) is 0 Å². The van der Waals surface area contributed by atoms with Crippen molar-refractivity contribution >= 4 is 11.9 Å². The first-order valence-electron chi connectivity index (χ1n) is 18.7. The number of aliphatic carboxylic acids is 1. The fourth-order valence-corrected chi connectivity index (χ4v) is 6.43. The van der Waals surface area contributed by atoms with Gasteiger partial charge in [0.2, 0.25) is 0 Å². The first-order chi connectivity index (χ1) is 20.3. The summed E-state index contributed by atoms with van der Waals surface area (Å²) in [7, 11) is 0. The molecule has 0 aromatic rings. The zero-order valence-electron chi connectivity index (χ0n) is 29.2. The van der Waals surface area contributed by atoms with E-state index >= 15 is 0 Å². The second-order valence-corrected chi connectivity index (χ2v) is 13.8. The molecule has 0 heterocycles. The normalized spacial score (nSPS) is 14.5. The maximum atomic E-state index is 13.5. The van der Waals surface area contributed by atoms with Gasteiger partial charge in [-0.05, 0) is 49.4 Å². The molecule has 0 radical (unpaired) electrons. The predicted octanol–water partition coefficient (Wildman–Crippen LogP) is 12.2. The summed E-state index contributed by atoms with van der Waals surface area (Å²) in [5, 5.41) is 8.70. The molecule has 4 unspecified atom stereocenters. The van der Waals surface area contributed by atoms with E-state index in [1.54, 1.807) is 0 Å². The summed E-state index contributed by atoms with van der Waals surface area (Å²) < 4.78 is 6.06. The second kappa shape index (κ2) is 28.7. The van der Waals surface area contributed by atoms with Crippen molar-refractivity contribution < 1.29 is 19.4 Å². The lowest BCUT2D eigenvalue weighted by Crippen LogP contribution is -2.27. The van der Waals surface area contributed by atoms with E-state index in [4.69, 9.17) is 9.84 Å². The van der Waals surface area contributed by atoms with Crippen LogP contribution in [0.25, 0.3) is 0 Å². The number of carboxylic acids is 1. The second-order valence-electron chi connectivity index (χ2n) is 13.8. The van der Waals surface area contributed by atoms with Crippen LogP contribution in [0, 0.1) is 29.6 Å². The molecule has 0 saturated heterocycles. The van der Waals surface area contributed by atoms with Crippen LogP contribution in [-0.2, 0) is 14.3 Å². The number of carboxylic acid groups (broad SMARTS) is 1. The molecular weight excluding hydrogens is 520 g/mol. The monoisotopic (exact) mass is 595 g/mol. The maximum absolute atomic E-state index is 13.5. The molecular formula is C38H74O4. The SMILES string of the molecule is CCCCC(CC)COC(=O)C(CC(CC)CCCC)CC(CCCCCCCCCCCCCCC(=O)O)C(C)C. The van der Waals surface area contributed by atoms with Crippen molar-refractivity contribution in [3.63, 3.8) is 0 Å². The number of ether oxygens (including phenoxy) is 1. The van der Waals surface area contributed by atoms with E-state index in [0.29, 0.717) is 36.7 Å². The third-order valence-corrected chi connectivity index (χ3v) is 9.74. The molecule has 0 bridgehead atoms. The minimum atomic E-state index is -0.667. The Hall–Kier alpha value is -1.06. The van der Waals surface area contributed by atoms with Gasteiger partial charge in [-0.1, -0.05) is 164 Å². The fraction of sp³-hybridized carbons (Fsp3) is 0.947. The molecule has 0 rings (SSSR count). The van der Waals surface area contributed by atoms with Crippen molar-refractivity contribution in [2.24, 2.45) is 29.6 Å². The Balaban J connectivity index is 4.57. The van der Waals surface area contributed by atoms with Gasteiger partial charge in [0.25, 0.3) is 0 Å². The zero-order valence-corrected chi connectivity index (χ0v) is 29.2. The van der Waals surface area contributed by atoms with Crippen LogP contribution in [0.5, 0.6) is 0 Å². The number of esters is 1. The summed E-state index contributed by atoms with van der Waals surface area (Å²) in [6.07, 6.45) is 28.0. The molecule has 0 spiro atoms. The van der Waals surface area contributed by atoms with E-state index in [1.807, 2.05) is 0 Å². The van der Waals surface area contributed by atoms with Gasteiger partial charge in [0, 0.05) is 6.42 Å². The molecule has 0 saturated carbocycles. The molecule has 0 aliphatic carbocycles. The molecule has 0 aromatic heterocycles. The number of unbranched alkanes of at least 4 members (excludes halogenated alkanes) is 13. The highest BCUT2D eigenvalue weighted by molar-refractivity contribution is 5.72. The average molecular weight is 595 g/mol. The fourth-order valence-electron chi connectivity index (χ4n) is 6.43. The average Bonchev–Trinajstić information content (AvgIpc) is 2.97. The van der Waals surface area contributed by atoms with Crippen LogP contribution in [-0.4, -0.2) is 23.7 Å². The Labute approximate surface area is 262 Å². The van der Waals surface area contributed by atoms with Crippen LogP contribution in [0.15, 0.2) is 0 Å². The lowest BCUT2D eigenvalue weighted by atomic mass is 9.78. The lowest BCUT2D eigenvalue weighted by Gasteiger charge is -2.28. The molecule has 42 heavy (non-hydrogen) atoms. The first-order valence-corrected chi connectivity index (χ1v) is 18.7. The van der Waals surface area contributed by atoms with Crippen molar-refractivity contribution in [3.8, 4) is 0 Å². The van der Waals surface area contributed by atoms with E-state index < -0.39 is 5.97 Å². The van der Waals surface area contributed by atoms with E-state index in [1.165, 1.54) is 109 Å². The van der Waals surface area contributed by atoms with Crippen molar-refractivity contribution in [3.05, 3.63) is 0 Å².